The van der Waals surface area contributed by atoms with Gasteiger partial charge in [0.15, 0.2) is 0 Å². The highest BCUT2D eigenvalue weighted by Gasteiger charge is 2.19. The van der Waals surface area contributed by atoms with E-state index in [0.29, 0.717) is 16.5 Å². The van der Waals surface area contributed by atoms with Gasteiger partial charge in [-0.2, -0.15) is 5.10 Å². The van der Waals surface area contributed by atoms with E-state index in [1.165, 1.54) is 0 Å². The second kappa shape index (κ2) is 6.94. The molecule has 24 heavy (non-hydrogen) atoms. The third-order valence-corrected chi connectivity index (χ3v) is 5.83. The van der Waals surface area contributed by atoms with Crippen molar-refractivity contribution in [3.8, 4) is 0 Å². The SMILES string of the molecule is Cc1ccc(S(=O)(=O)Nc2cnn(CC3CCOCC3)c2)c(C)c1. The maximum absolute atomic E-state index is 12.6. The van der Waals surface area contributed by atoms with Crippen LogP contribution in [0, 0.1) is 19.8 Å². The van der Waals surface area contributed by atoms with Crippen LogP contribution in [0.4, 0.5) is 5.69 Å². The van der Waals surface area contributed by atoms with Crippen molar-refractivity contribution >= 4 is 15.7 Å². The lowest BCUT2D eigenvalue weighted by molar-refractivity contribution is 0.0601. The smallest absolute Gasteiger partial charge is 0.262 e. The highest BCUT2D eigenvalue weighted by molar-refractivity contribution is 7.92. The fourth-order valence-corrected chi connectivity index (χ4v) is 4.28. The Bertz CT molecular complexity index is 808. The number of rotatable bonds is 5. The maximum Gasteiger partial charge on any atom is 0.262 e. The van der Waals surface area contributed by atoms with E-state index in [-0.39, 0.29) is 0 Å². The first-order valence-corrected chi connectivity index (χ1v) is 9.62. The molecule has 2 aromatic rings. The van der Waals surface area contributed by atoms with Crippen molar-refractivity contribution < 1.29 is 13.2 Å². The van der Waals surface area contributed by atoms with E-state index in [2.05, 4.69) is 9.82 Å². The Balaban J connectivity index is 1.71. The third kappa shape index (κ3) is 3.96. The summed E-state index contributed by atoms with van der Waals surface area (Å²) in [5, 5.41) is 4.27. The van der Waals surface area contributed by atoms with Gasteiger partial charge in [-0.05, 0) is 44.2 Å². The number of nitrogens with one attached hydrogen (secondary N) is 1. The normalized spacial score (nSPS) is 16.2. The molecule has 1 N–H and O–H groups in total. The molecule has 0 bridgehead atoms. The molecule has 1 fully saturated rings. The van der Waals surface area contributed by atoms with E-state index in [9.17, 15) is 8.42 Å². The molecule has 0 saturated carbocycles. The van der Waals surface area contributed by atoms with Gasteiger partial charge in [0.25, 0.3) is 10.0 Å². The fraction of sp³-hybridized carbons (Fsp3) is 0.471. The molecule has 1 aromatic heterocycles. The highest BCUT2D eigenvalue weighted by atomic mass is 32.2. The summed E-state index contributed by atoms with van der Waals surface area (Å²) in [7, 11) is -3.60. The number of hydrogen-bond acceptors (Lipinski definition) is 4. The minimum absolute atomic E-state index is 0.297. The van der Waals surface area contributed by atoms with Crippen LogP contribution in [0.3, 0.4) is 0 Å². The lowest BCUT2D eigenvalue weighted by Gasteiger charge is -2.21. The van der Waals surface area contributed by atoms with Crippen LogP contribution in [-0.2, 0) is 21.3 Å². The van der Waals surface area contributed by atoms with Gasteiger partial charge >= 0.3 is 0 Å². The molecule has 130 valence electrons. The molecule has 3 rings (SSSR count). The predicted molar refractivity (Wildman–Crippen MR) is 92.5 cm³/mol. The van der Waals surface area contributed by atoms with Crippen LogP contribution in [0.1, 0.15) is 24.0 Å². The lowest BCUT2D eigenvalue weighted by Crippen LogP contribution is -2.20. The van der Waals surface area contributed by atoms with Crippen molar-refractivity contribution in [3.63, 3.8) is 0 Å². The van der Waals surface area contributed by atoms with Crippen LogP contribution < -0.4 is 4.72 Å². The Kier molecular flexibility index (Phi) is 4.91. The molecule has 0 radical (unpaired) electrons. The summed E-state index contributed by atoms with van der Waals surface area (Å²) in [4.78, 5) is 0.297. The van der Waals surface area contributed by atoms with Crippen molar-refractivity contribution in [1.29, 1.82) is 0 Å². The summed E-state index contributed by atoms with van der Waals surface area (Å²) < 4.78 is 34.9. The number of anilines is 1. The van der Waals surface area contributed by atoms with Crippen molar-refractivity contribution in [3.05, 3.63) is 41.7 Å². The Morgan fingerprint density at radius 3 is 2.75 bits per heavy atom. The quantitative estimate of drug-likeness (QED) is 0.901. The molecule has 7 heteroatoms. The molecular formula is C17H23N3O3S. The molecule has 0 spiro atoms. The van der Waals surface area contributed by atoms with Crippen LogP contribution in [0.2, 0.25) is 0 Å². The number of benzene rings is 1. The number of aromatic nitrogens is 2. The molecular weight excluding hydrogens is 326 g/mol. The standard InChI is InChI=1S/C17H23N3O3S/c1-13-3-4-17(14(2)9-13)24(21,22)19-16-10-18-20(12-16)11-15-5-7-23-8-6-15/h3-4,9-10,12,15,19H,5-8,11H2,1-2H3. The molecule has 6 nitrogen and oxygen atoms in total. The van der Waals surface area contributed by atoms with Gasteiger partial charge in [0.2, 0.25) is 0 Å². The summed E-state index contributed by atoms with van der Waals surface area (Å²) >= 11 is 0. The lowest BCUT2D eigenvalue weighted by atomic mass is 10.0. The van der Waals surface area contributed by atoms with Crippen molar-refractivity contribution in [2.24, 2.45) is 5.92 Å². The van der Waals surface area contributed by atoms with E-state index < -0.39 is 10.0 Å². The molecule has 1 aliphatic heterocycles. The maximum atomic E-state index is 12.6. The Morgan fingerprint density at radius 1 is 1.29 bits per heavy atom. The van der Waals surface area contributed by atoms with Crippen molar-refractivity contribution in [1.82, 2.24) is 9.78 Å². The second-order valence-electron chi connectivity index (χ2n) is 6.38. The summed E-state index contributed by atoms with van der Waals surface area (Å²) in [5.74, 6) is 0.530. The molecule has 0 unspecified atom stereocenters. The average molecular weight is 349 g/mol. The minimum Gasteiger partial charge on any atom is -0.381 e. The van der Waals surface area contributed by atoms with E-state index >= 15 is 0 Å². The first-order valence-electron chi connectivity index (χ1n) is 8.14. The fourth-order valence-electron chi connectivity index (χ4n) is 3.02. The monoisotopic (exact) mass is 349 g/mol. The summed E-state index contributed by atoms with van der Waals surface area (Å²) in [6.45, 7) is 6.11. The van der Waals surface area contributed by atoms with Crippen LogP contribution in [0.15, 0.2) is 35.5 Å². The Hall–Kier alpha value is -1.86. The van der Waals surface area contributed by atoms with E-state index in [1.807, 2.05) is 13.0 Å². The second-order valence-corrected chi connectivity index (χ2v) is 8.03. The van der Waals surface area contributed by atoms with Gasteiger partial charge in [-0.3, -0.25) is 9.40 Å². The van der Waals surface area contributed by atoms with Crippen LogP contribution in [0.25, 0.3) is 0 Å². The van der Waals surface area contributed by atoms with Crippen molar-refractivity contribution in [2.45, 2.75) is 38.1 Å². The highest BCUT2D eigenvalue weighted by Crippen LogP contribution is 2.21. The van der Waals surface area contributed by atoms with Gasteiger partial charge < -0.3 is 4.74 Å². The minimum atomic E-state index is -3.60. The summed E-state index contributed by atoms with van der Waals surface area (Å²) in [6, 6.07) is 5.30. The van der Waals surface area contributed by atoms with E-state index in [4.69, 9.17) is 4.74 Å². The summed E-state index contributed by atoms with van der Waals surface area (Å²) in [6.07, 6.45) is 5.34. The van der Waals surface area contributed by atoms with Gasteiger partial charge in [-0.15, -0.1) is 0 Å². The number of aryl methyl sites for hydroxylation is 2. The molecule has 2 heterocycles. The Labute approximate surface area is 142 Å². The Morgan fingerprint density at radius 2 is 2.04 bits per heavy atom. The van der Waals surface area contributed by atoms with Gasteiger partial charge in [0.05, 0.1) is 16.8 Å². The van der Waals surface area contributed by atoms with Crippen LogP contribution in [-0.4, -0.2) is 31.4 Å². The topological polar surface area (TPSA) is 73.2 Å². The van der Waals surface area contributed by atoms with E-state index in [0.717, 1.165) is 43.7 Å². The largest absolute Gasteiger partial charge is 0.381 e. The van der Waals surface area contributed by atoms with Gasteiger partial charge in [-0.1, -0.05) is 17.7 Å². The number of hydrogen-bond donors (Lipinski definition) is 1. The first kappa shape index (κ1) is 17.0. The van der Waals surface area contributed by atoms with Crippen molar-refractivity contribution in [2.75, 3.05) is 17.9 Å². The molecule has 1 saturated heterocycles. The number of nitrogens with zero attached hydrogens (tertiary/aromatic N) is 2. The van der Waals surface area contributed by atoms with Gasteiger partial charge in [0, 0.05) is 26.0 Å². The van der Waals surface area contributed by atoms with Crippen LogP contribution >= 0.6 is 0 Å². The molecule has 1 aromatic carbocycles. The first-order chi connectivity index (χ1) is 11.4. The van der Waals surface area contributed by atoms with Crippen LogP contribution in [0.5, 0.6) is 0 Å². The number of sulfonamides is 1. The van der Waals surface area contributed by atoms with Gasteiger partial charge in [0.1, 0.15) is 0 Å². The molecule has 0 amide bonds. The van der Waals surface area contributed by atoms with Gasteiger partial charge in [-0.25, -0.2) is 8.42 Å². The molecule has 0 aliphatic carbocycles. The molecule has 0 atom stereocenters. The zero-order chi connectivity index (χ0) is 17.2. The summed E-state index contributed by atoms with van der Waals surface area (Å²) in [5.41, 5.74) is 2.26. The zero-order valence-electron chi connectivity index (χ0n) is 14.0. The van der Waals surface area contributed by atoms with E-state index in [1.54, 1.807) is 36.1 Å². The number of ether oxygens (including phenoxy) is 1. The average Bonchev–Trinajstić information content (AvgIpc) is 2.94. The third-order valence-electron chi connectivity index (χ3n) is 4.29. The zero-order valence-corrected chi connectivity index (χ0v) is 14.8. The predicted octanol–water partition coefficient (Wildman–Crippen LogP) is 2.73. The molecule has 1 aliphatic rings.